The second-order valence-corrected chi connectivity index (χ2v) is 5.98. The Morgan fingerprint density at radius 3 is 2.42 bits per heavy atom. The molecule has 0 spiro atoms. The maximum atomic E-state index is 4.77. The largest absolute Gasteiger partial charge is 0.370 e. The number of nitrogens with one attached hydrogen (secondary N) is 2. The fourth-order valence-electron chi connectivity index (χ4n) is 2.47. The molecule has 0 bridgehead atoms. The molecule has 2 saturated carbocycles. The van der Waals surface area contributed by atoms with E-state index >= 15 is 0 Å². The van der Waals surface area contributed by atoms with Gasteiger partial charge < -0.3 is 10.6 Å². The second-order valence-electron chi connectivity index (χ2n) is 5.98. The minimum absolute atomic E-state index is 0.523. The summed E-state index contributed by atoms with van der Waals surface area (Å²) in [7, 11) is 0. The zero-order valence-corrected chi connectivity index (χ0v) is 12.2. The fourth-order valence-corrected chi connectivity index (χ4v) is 2.47. The maximum Gasteiger partial charge on any atom is 0.136 e. The van der Waals surface area contributed by atoms with Crippen LogP contribution in [0.1, 0.15) is 56.8 Å². The molecule has 0 radical (unpaired) electrons. The second kappa shape index (κ2) is 4.99. The van der Waals surface area contributed by atoms with E-state index in [-0.39, 0.29) is 0 Å². The average Bonchev–Trinajstić information content (AvgIpc) is 3.27. The maximum absolute atomic E-state index is 4.77. The molecule has 2 N–H and O–H groups in total. The molecule has 0 aromatic carbocycles. The normalized spacial score (nSPS) is 20.2. The monoisotopic (exact) mass is 260 g/mol. The number of hydrogen-bond donors (Lipinski definition) is 2. The molecular formula is C15H24N4. The molecular weight excluding hydrogens is 236 g/mol. The lowest BCUT2D eigenvalue weighted by Crippen LogP contribution is -2.20. The third-order valence-corrected chi connectivity index (χ3v) is 4.14. The highest BCUT2D eigenvalue weighted by molar-refractivity contribution is 5.58. The first kappa shape index (κ1) is 12.7. The van der Waals surface area contributed by atoms with Gasteiger partial charge in [0.1, 0.15) is 17.5 Å². The van der Waals surface area contributed by atoms with Crippen LogP contribution in [0.2, 0.25) is 0 Å². The summed E-state index contributed by atoms with van der Waals surface area (Å²) in [5.74, 6) is 4.49. The van der Waals surface area contributed by atoms with E-state index in [9.17, 15) is 0 Å². The zero-order chi connectivity index (χ0) is 13.4. The van der Waals surface area contributed by atoms with E-state index in [1.165, 1.54) is 25.7 Å². The molecule has 2 aliphatic carbocycles. The van der Waals surface area contributed by atoms with Crippen LogP contribution in [0.5, 0.6) is 0 Å². The van der Waals surface area contributed by atoms with Crippen molar-refractivity contribution in [2.45, 2.75) is 58.4 Å². The first-order valence-electron chi connectivity index (χ1n) is 7.58. The quantitative estimate of drug-likeness (QED) is 0.824. The number of hydrogen-bond acceptors (Lipinski definition) is 4. The van der Waals surface area contributed by atoms with Crippen molar-refractivity contribution >= 4 is 11.6 Å². The molecule has 2 aliphatic rings. The highest BCUT2D eigenvalue weighted by Crippen LogP contribution is 2.40. The van der Waals surface area contributed by atoms with Crippen LogP contribution in [-0.4, -0.2) is 22.6 Å². The van der Waals surface area contributed by atoms with Crippen LogP contribution in [-0.2, 0) is 0 Å². The van der Waals surface area contributed by atoms with Crippen LogP contribution in [0.4, 0.5) is 11.6 Å². The van der Waals surface area contributed by atoms with Crippen molar-refractivity contribution in [3.05, 3.63) is 11.4 Å². The summed E-state index contributed by atoms with van der Waals surface area (Å²) < 4.78 is 0. The Balaban J connectivity index is 1.86. The van der Waals surface area contributed by atoms with Gasteiger partial charge in [-0.05, 0) is 52.4 Å². The Morgan fingerprint density at radius 1 is 1.16 bits per heavy atom. The van der Waals surface area contributed by atoms with Crippen molar-refractivity contribution in [1.29, 1.82) is 0 Å². The van der Waals surface area contributed by atoms with Gasteiger partial charge in [-0.3, -0.25) is 0 Å². The van der Waals surface area contributed by atoms with E-state index < -0.39 is 0 Å². The van der Waals surface area contributed by atoms with E-state index in [0.717, 1.165) is 35.5 Å². The lowest BCUT2D eigenvalue weighted by Gasteiger charge is -2.18. The summed E-state index contributed by atoms with van der Waals surface area (Å²) in [4.78, 5) is 9.46. The summed E-state index contributed by atoms with van der Waals surface area (Å²) >= 11 is 0. The smallest absolute Gasteiger partial charge is 0.136 e. The number of anilines is 2. The van der Waals surface area contributed by atoms with Crippen LogP contribution in [0, 0.1) is 12.8 Å². The molecule has 0 amide bonds. The van der Waals surface area contributed by atoms with Gasteiger partial charge in [-0.15, -0.1) is 0 Å². The predicted molar refractivity (Wildman–Crippen MR) is 78.7 cm³/mol. The third kappa shape index (κ3) is 2.82. The van der Waals surface area contributed by atoms with Crippen LogP contribution < -0.4 is 10.6 Å². The predicted octanol–water partition coefficient (Wildman–Crippen LogP) is 3.30. The Bertz CT molecular complexity index is 463. The zero-order valence-electron chi connectivity index (χ0n) is 12.2. The van der Waals surface area contributed by atoms with Crippen LogP contribution >= 0.6 is 0 Å². The van der Waals surface area contributed by atoms with Crippen molar-refractivity contribution in [2.75, 3.05) is 17.2 Å². The third-order valence-electron chi connectivity index (χ3n) is 4.14. The van der Waals surface area contributed by atoms with Gasteiger partial charge in [-0.25, -0.2) is 9.97 Å². The van der Waals surface area contributed by atoms with Crippen molar-refractivity contribution in [1.82, 2.24) is 9.97 Å². The molecule has 1 aromatic heterocycles. The molecule has 3 rings (SSSR count). The molecule has 4 nitrogen and oxygen atoms in total. The summed E-state index contributed by atoms with van der Waals surface area (Å²) in [6.45, 7) is 7.39. The van der Waals surface area contributed by atoms with Gasteiger partial charge in [0.25, 0.3) is 0 Å². The molecule has 1 aromatic rings. The highest BCUT2D eigenvalue weighted by Gasteiger charge is 2.31. The fraction of sp³-hybridized carbons (Fsp3) is 0.733. The minimum Gasteiger partial charge on any atom is -0.370 e. The molecule has 1 atom stereocenters. The number of aromatic nitrogens is 2. The standard InChI is InChI=1S/C15H24N4/c1-4-16-13-9(2)14(17-10(3)11-5-6-11)19-15(18-13)12-7-8-12/h10-12H,4-8H2,1-3H3,(H2,16,17,18,19). The van der Waals surface area contributed by atoms with Gasteiger partial charge in [-0.2, -0.15) is 0 Å². The van der Waals surface area contributed by atoms with Gasteiger partial charge in [0.15, 0.2) is 0 Å². The topological polar surface area (TPSA) is 49.8 Å². The summed E-state index contributed by atoms with van der Waals surface area (Å²) in [6.07, 6.45) is 5.19. The Hall–Kier alpha value is -1.32. The van der Waals surface area contributed by atoms with Gasteiger partial charge in [0, 0.05) is 24.1 Å². The van der Waals surface area contributed by atoms with Crippen LogP contribution in [0.15, 0.2) is 0 Å². The summed E-state index contributed by atoms with van der Waals surface area (Å²) in [5.41, 5.74) is 1.15. The van der Waals surface area contributed by atoms with Crippen molar-refractivity contribution in [3.63, 3.8) is 0 Å². The van der Waals surface area contributed by atoms with E-state index in [1.807, 2.05) is 0 Å². The van der Waals surface area contributed by atoms with Crippen molar-refractivity contribution < 1.29 is 0 Å². The summed E-state index contributed by atoms with van der Waals surface area (Å²) in [5, 5.41) is 6.97. The van der Waals surface area contributed by atoms with E-state index in [4.69, 9.17) is 9.97 Å². The molecule has 19 heavy (non-hydrogen) atoms. The number of nitrogens with zero attached hydrogens (tertiary/aromatic N) is 2. The van der Waals surface area contributed by atoms with E-state index in [2.05, 4.69) is 31.4 Å². The van der Waals surface area contributed by atoms with E-state index in [1.54, 1.807) is 0 Å². The minimum atomic E-state index is 0.523. The molecule has 1 heterocycles. The number of rotatable bonds is 6. The SMILES string of the molecule is CCNc1nc(C2CC2)nc(NC(C)C2CC2)c1C. The lowest BCUT2D eigenvalue weighted by atomic mass is 10.2. The first-order valence-corrected chi connectivity index (χ1v) is 7.58. The molecule has 104 valence electrons. The van der Waals surface area contributed by atoms with Crippen LogP contribution in [0.25, 0.3) is 0 Å². The molecule has 1 unspecified atom stereocenters. The Labute approximate surface area is 115 Å². The molecule has 4 heteroatoms. The molecule has 2 fully saturated rings. The van der Waals surface area contributed by atoms with Gasteiger partial charge in [0.05, 0.1) is 0 Å². The first-order chi connectivity index (χ1) is 9.19. The average molecular weight is 260 g/mol. The highest BCUT2D eigenvalue weighted by atomic mass is 15.1. The van der Waals surface area contributed by atoms with Gasteiger partial charge >= 0.3 is 0 Å². The van der Waals surface area contributed by atoms with E-state index in [0.29, 0.717) is 12.0 Å². The lowest BCUT2D eigenvalue weighted by molar-refractivity contribution is 0.687. The van der Waals surface area contributed by atoms with Crippen molar-refractivity contribution in [3.8, 4) is 0 Å². The summed E-state index contributed by atoms with van der Waals surface area (Å²) in [6, 6.07) is 0.523. The Kier molecular flexibility index (Phi) is 3.33. The van der Waals surface area contributed by atoms with Crippen LogP contribution in [0.3, 0.4) is 0 Å². The van der Waals surface area contributed by atoms with Gasteiger partial charge in [-0.1, -0.05) is 0 Å². The molecule has 0 saturated heterocycles. The Morgan fingerprint density at radius 2 is 1.84 bits per heavy atom. The van der Waals surface area contributed by atoms with Crippen molar-refractivity contribution in [2.24, 2.45) is 5.92 Å². The van der Waals surface area contributed by atoms with Gasteiger partial charge in [0.2, 0.25) is 0 Å². The molecule has 0 aliphatic heterocycles.